The quantitative estimate of drug-likeness (QED) is 0.432. The van der Waals surface area contributed by atoms with E-state index < -0.39 is 17.6 Å². The van der Waals surface area contributed by atoms with Crippen molar-refractivity contribution >= 4 is 27.8 Å². The lowest BCUT2D eigenvalue weighted by Crippen LogP contribution is -2.32. The van der Waals surface area contributed by atoms with Crippen molar-refractivity contribution in [2.75, 3.05) is 0 Å². The van der Waals surface area contributed by atoms with Gasteiger partial charge < -0.3 is 14.2 Å². The Kier molecular flexibility index (Phi) is 4.41. The number of furan rings is 1. The average Bonchev–Trinajstić information content (AvgIpc) is 3.21. The number of rotatable bonds is 4. The fourth-order valence-electron chi connectivity index (χ4n) is 3.54. The van der Waals surface area contributed by atoms with Gasteiger partial charge in [0, 0.05) is 10.8 Å². The van der Waals surface area contributed by atoms with Gasteiger partial charge in [-0.3, -0.25) is 4.79 Å². The lowest BCUT2D eigenvalue weighted by atomic mass is 10.0. The van der Waals surface area contributed by atoms with Gasteiger partial charge in [-0.15, -0.1) is 0 Å². The van der Waals surface area contributed by atoms with Gasteiger partial charge in [-0.25, -0.2) is 4.79 Å². The first-order valence-corrected chi connectivity index (χ1v) is 9.56. The van der Waals surface area contributed by atoms with Crippen molar-refractivity contribution in [3.63, 3.8) is 0 Å². The van der Waals surface area contributed by atoms with Gasteiger partial charge in [0.15, 0.2) is 0 Å². The van der Waals surface area contributed by atoms with Gasteiger partial charge in [-0.05, 0) is 29.8 Å². The maximum absolute atomic E-state index is 13.1. The van der Waals surface area contributed by atoms with Crippen LogP contribution in [0.2, 0.25) is 0 Å². The van der Waals surface area contributed by atoms with Crippen molar-refractivity contribution in [2.24, 2.45) is 0 Å². The van der Waals surface area contributed by atoms with Crippen LogP contribution in [0.4, 0.5) is 0 Å². The second-order valence-electron chi connectivity index (χ2n) is 6.99. The van der Waals surface area contributed by atoms with E-state index in [1.165, 1.54) is 0 Å². The molecule has 146 valence electrons. The van der Waals surface area contributed by atoms with Crippen LogP contribution in [0, 0.1) is 0 Å². The minimum Gasteiger partial charge on any atom is -0.459 e. The van der Waals surface area contributed by atoms with Gasteiger partial charge in [0.1, 0.15) is 28.5 Å². The van der Waals surface area contributed by atoms with E-state index in [0.29, 0.717) is 16.7 Å². The van der Waals surface area contributed by atoms with Gasteiger partial charge in [0.2, 0.25) is 0 Å². The molecule has 0 unspecified atom stereocenters. The third-order valence-corrected chi connectivity index (χ3v) is 5.02. The summed E-state index contributed by atoms with van der Waals surface area (Å²) in [4.78, 5) is 25.5. The molecule has 5 aromatic rings. The fraction of sp³-hybridized carbons (Fsp3) is 0.0400. The Bertz CT molecular complexity index is 1380. The lowest BCUT2D eigenvalue weighted by Gasteiger charge is -2.17. The molecule has 0 aliphatic rings. The van der Waals surface area contributed by atoms with Gasteiger partial charge >= 0.3 is 5.63 Å². The molecule has 0 aliphatic heterocycles. The molecular formula is C25H17NO4. The molecule has 0 aliphatic carbocycles. The number of carbonyl (C=O) groups is 1. The summed E-state index contributed by atoms with van der Waals surface area (Å²) in [5.41, 5.74) is 1.28. The highest BCUT2D eigenvalue weighted by atomic mass is 16.4. The van der Waals surface area contributed by atoms with Crippen LogP contribution in [0.15, 0.2) is 105 Å². The molecule has 2 aromatic heterocycles. The highest BCUT2D eigenvalue weighted by Gasteiger charge is 2.23. The third kappa shape index (κ3) is 3.26. The number of para-hydroxylation sites is 2. The summed E-state index contributed by atoms with van der Waals surface area (Å²) in [6.07, 6.45) is 0. The smallest absolute Gasteiger partial charge is 0.349 e. The summed E-state index contributed by atoms with van der Waals surface area (Å²) in [5.74, 6) is 0.0599. The summed E-state index contributed by atoms with van der Waals surface area (Å²) in [5, 5.41) is 4.56. The van der Waals surface area contributed by atoms with Crippen LogP contribution in [0.5, 0.6) is 0 Å². The Morgan fingerprint density at radius 2 is 1.33 bits per heavy atom. The Hall–Kier alpha value is -4.12. The molecular weight excluding hydrogens is 378 g/mol. The standard InChI is InChI=1S/C25H17NO4/c27-24(19-14-17-10-4-7-13-21(17)30-25(19)28)26-23(16-8-2-1-3-9-16)22-15-18-11-5-6-12-20(18)29-22/h1-15,23H,(H,26,27)/t23-/m1/s1. The first-order chi connectivity index (χ1) is 14.7. The summed E-state index contributed by atoms with van der Waals surface area (Å²) in [6.45, 7) is 0. The number of nitrogens with one attached hydrogen (secondary N) is 1. The molecule has 0 fully saturated rings. The van der Waals surface area contributed by atoms with Gasteiger partial charge in [0.25, 0.3) is 5.91 Å². The van der Waals surface area contributed by atoms with Crippen molar-refractivity contribution in [2.45, 2.75) is 6.04 Å². The zero-order chi connectivity index (χ0) is 20.5. The minimum atomic E-state index is -0.678. The molecule has 0 bridgehead atoms. The van der Waals surface area contributed by atoms with Crippen LogP contribution in [0.3, 0.4) is 0 Å². The molecule has 2 heterocycles. The van der Waals surface area contributed by atoms with Crippen LogP contribution < -0.4 is 10.9 Å². The Morgan fingerprint density at radius 1 is 0.733 bits per heavy atom. The molecule has 1 atom stereocenters. The van der Waals surface area contributed by atoms with Crippen LogP contribution in [-0.4, -0.2) is 5.91 Å². The second kappa shape index (κ2) is 7.37. The van der Waals surface area contributed by atoms with E-state index in [-0.39, 0.29) is 5.56 Å². The van der Waals surface area contributed by atoms with Crippen LogP contribution >= 0.6 is 0 Å². The molecule has 5 heteroatoms. The Labute approximate surface area is 171 Å². The van der Waals surface area contributed by atoms with Crippen LogP contribution in [-0.2, 0) is 0 Å². The topological polar surface area (TPSA) is 72.5 Å². The number of benzene rings is 3. The molecule has 3 aromatic carbocycles. The van der Waals surface area contributed by atoms with Crippen molar-refractivity contribution in [3.05, 3.63) is 118 Å². The van der Waals surface area contributed by atoms with Crippen molar-refractivity contribution in [1.82, 2.24) is 5.32 Å². The maximum atomic E-state index is 13.1. The highest BCUT2D eigenvalue weighted by Crippen LogP contribution is 2.28. The summed E-state index contributed by atoms with van der Waals surface area (Å²) < 4.78 is 11.3. The van der Waals surface area contributed by atoms with Crippen molar-refractivity contribution in [1.29, 1.82) is 0 Å². The van der Waals surface area contributed by atoms with Crippen molar-refractivity contribution in [3.8, 4) is 0 Å². The number of fused-ring (bicyclic) bond motifs is 2. The first-order valence-electron chi connectivity index (χ1n) is 9.56. The SMILES string of the molecule is O=C(N[C@H](c1ccccc1)c1cc2ccccc2o1)c1cc2ccccc2oc1=O. The Balaban J connectivity index is 1.56. The minimum absolute atomic E-state index is 0.0502. The number of hydrogen-bond donors (Lipinski definition) is 1. The summed E-state index contributed by atoms with van der Waals surface area (Å²) in [7, 11) is 0. The average molecular weight is 395 g/mol. The van der Waals surface area contributed by atoms with E-state index in [9.17, 15) is 9.59 Å². The van der Waals surface area contributed by atoms with E-state index in [1.807, 2.05) is 66.7 Å². The largest absolute Gasteiger partial charge is 0.459 e. The van der Waals surface area contributed by atoms with E-state index >= 15 is 0 Å². The summed E-state index contributed by atoms with van der Waals surface area (Å²) in [6, 6.07) is 27.1. The normalized spacial score (nSPS) is 12.1. The molecule has 1 amide bonds. The van der Waals surface area contributed by atoms with E-state index in [4.69, 9.17) is 8.83 Å². The second-order valence-corrected chi connectivity index (χ2v) is 6.99. The van der Waals surface area contributed by atoms with E-state index in [0.717, 1.165) is 16.5 Å². The molecule has 0 saturated carbocycles. The highest BCUT2D eigenvalue weighted by molar-refractivity contribution is 5.97. The molecule has 1 N–H and O–H groups in total. The molecule has 5 nitrogen and oxygen atoms in total. The predicted molar refractivity (Wildman–Crippen MR) is 114 cm³/mol. The zero-order valence-electron chi connectivity index (χ0n) is 15.9. The Morgan fingerprint density at radius 3 is 2.03 bits per heavy atom. The number of hydrogen-bond acceptors (Lipinski definition) is 4. The van der Waals surface area contributed by atoms with Gasteiger partial charge in [-0.1, -0.05) is 66.7 Å². The third-order valence-electron chi connectivity index (χ3n) is 5.02. The predicted octanol–water partition coefficient (Wildman–Crippen LogP) is 5.06. The van der Waals surface area contributed by atoms with E-state index in [2.05, 4.69) is 5.32 Å². The molecule has 0 spiro atoms. The number of amides is 1. The van der Waals surface area contributed by atoms with Crippen molar-refractivity contribution < 1.29 is 13.6 Å². The number of carbonyl (C=O) groups excluding carboxylic acids is 1. The monoisotopic (exact) mass is 395 g/mol. The van der Waals surface area contributed by atoms with Gasteiger partial charge in [0.05, 0.1) is 0 Å². The lowest BCUT2D eigenvalue weighted by molar-refractivity contribution is 0.0935. The summed E-state index contributed by atoms with van der Waals surface area (Å²) >= 11 is 0. The molecule has 30 heavy (non-hydrogen) atoms. The molecule has 5 rings (SSSR count). The fourth-order valence-corrected chi connectivity index (χ4v) is 3.54. The van der Waals surface area contributed by atoms with E-state index in [1.54, 1.807) is 24.3 Å². The molecule has 0 saturated heterocycles. The maximum Gasteiger partial charge on any atom is 0.349 e. The zero-order valence-corrected chi connectivity index (χ0v) is 15.9. The van der Waals surface area contributed by atoms with Crippen LogP contribution in [0.1, 0.15) is 27.7 Å². The molecule has 0 radical (unpaired) electrons. The van der Waals surface area contributed by atoms with Gasteiger partial charge in [-0.2, -0.15) is 0 Å². The van der Waals surface area contributed by atoms with Crippen LogP contribution in [0.25, 0.3) is 21.9 Å². The first kappa shape index (κ1) is 17.9.